The minimum absolute atomic E-state index is 0.0308. The third-order valence-corrected chi connectivity index (χ3v) is 3.62. The molecule has 0 unspecified atom stereocenters. The van der Waals surface area contributed by atoms with E-state index < -0.39 is 4.92 Å². The van der Waals surface area contributed by atoms with Crippen molar-refractivity contribution < 1.29 is 9.72 Å². The Hall–Kier alpha value is -2.40. The van der Waals surface area contributed by atoms with Gasteiger partial charge in [0, 0.05) is 29.3 Å². The number of carbonyl (C=O) groups excluding carboxylic acids is 1. The molecule has 0 heterocycles. The van der Waals surface area contributed by atoms with Gasteiger partial charge in [-0.15, -0.1) is 0 Å². The van der Waals surface area contributed by atoms with Gasteiger partial charge < -0.3 is 5.32 Å². The van der Waals surface area contributed by atoms with Crippen molar-refractivity contribution in [3.05, 3.63) is 68.7 Å². The summed E-state index contributed by atoms with van der Waals surface area (Å²) in [5.41, 5.74) is 2.37. The van der Waals surface area contributed by atoms with Crippen LogP contribution in [0.2, 0.25) is 5.02 Å². The Labute approximate surface area is 133 Å². The molecule has 1 amide bonds. The second-order valence-electron chi connectivity index (χ2n) is 4.94. The summed E-state index contributed by atoms with van der Waals surface area (Å²) < 4.78 is 0. The highest BCUT2D eigenvalue weighted by molar-refractivity contribution is 6.31. The van der Waals surface area contributed by atoms with Gasteiger partial charge in [-0.25, -0.2) is 0 Å². The van der Waals surface area contributed by atoms with Gasteiger partial charge in [-0.05, 0) is 36.6 Å². The maximum absolute atomic E-state index is 11.9. The minimum atomic E-state index is -0.447. The minimum Gasteiger partial charge on any atom is -0.326 e. The molecule has 0 aliphatic heterocycles. The number of nitro groups is 1. The predicted molar refractivity (Wildman–Crippen MR) is 86.2 cm³/mol. The summed E-state index contributed by atoms with van der Waals surface area (Å²) in [7, 11) is 0. The highest BCUT2D eigenvalue weighted by Crippen LogP contribution is 2.20. The van der Waals surface area contributed by atoms with Gasteiger partial charge >= 0.3 is 0 Å². The molecule has 0 bridgehead atoms. The van der Waals surface area contributed by atoms with E-state index in [9.17, 15) is 14.9 Å². The van der Waals surface area contributed by atoms with E-state index in [1.807, 2.05) is 13.0 Å². The summed E-state index contributed by atoms with van der Waals surface area (Å²) >= 11 is 6.00. The Kier molecular flexibility index (Phi) is 5.12. The molecule has 1 N–H and O–H groups in total. The van der Waals surface area contributed by atoms with Gasteiger partial charge in [0.05, 0.1) is 4.92 Å². The lowest BCUT2D eigenvalue weighted by Gasteiger charge is -2.07. The monoisotopic (exact) mass is 318 g/mol. The molecule has 0 radical (unpaired) electrons. The number of nitro benzene ring substituents is 1. The van der Waals surface area contributed by atoms with Crippen LogP contribution in [-0.4, -0.2) is 10.8 Å². The molecule has 0 aromatic heterocycles. The number of nitrogens with one attached hydrogen (secondary N) is 1. The molecule has 114 valence electrons. The van der Waals surface area contributed by atoms with Gasteiger partial charge in [0.2, 0.25) is 5.91 Å². The molecular weight excluding hydrogens is 304 g/mol. The summed E-state index contributed by atoms with van der Waals surface area (Å²) in [6.07, 6.45) is 0.680. The maximum Gasteiger partial charge on any atom is 0.269 e. The van der Waals surface area contributed by atoms with Crippen molar-refractivity contribution >= 4 is 28.9 Å². The van der Waals surface area contributed by atoms with Crippen molar-refractivity contribution in [2.75, 3.05) is 5.32 Å². The van der Waals surface area contributed by atoms with Crippen LogP contribution in [0.5, 0.6) is 0 Å². The summed E-state index contributed by atoms with van der Waals surface area (Å²) in [6, 6.07) is 11.6. The molecule has 0 saturated carbocycles. The van der Waals surface area contributed by atoms with Crippen LogP contribution in [-0.2, 0) is 11.2 Å². The number of anilines is 1. The Balaban J connectivity index is 1.94. The number of rotatable bonds is 5. The van der Waals surface area contributed by atoms with Gasteiger partial charge in [0.1, 0.15) is 0 Å². The summed E-state index contributed by atoms with van der Waals surface area (Å²) in [5, 5.41) is 14.1. The molecule has 0 fully saturated rings. The topological polar surface area (TPSA) is 72.2 Å². The third-order valence-electron chi connectivity index (χ3n) is 3.22. The molecule has 0 spiro atoms. The number of aryl methyl sites for hydroxylation is 2. The van der Waals surface area contributed by atoms with E-state index in [0.717, 1.165) is 11.1 Å². The quantitative estimate of drug-likeness (QED) is 0.665. The van der Waals surface area contributed by atoms with E-state index in [4.69, 9.17) is 11.6 Å². The number of hydrogen-bond donors (Lipinski definition) is 1. The van der Waals surface area contributed by atoms with Crippen molar-refractivity contribution in [1.29, 1.82) is 0 Å². The Morgan fingerprint density at radius 1 is 1.27 bits per heavy atom. The number of nitrogens with zero attached hydrogens (tertiary/aromatic N) is 1. The lowest BCUT2D eigenvalue weighted by atomic mass is 10.1. The van der Waals surface area contributed by atoms with E-state index >= 15 is 0 Å². The Bertz CT molecular complexity index is 716. The molecule has 0 saturated heterocycles. The van der Waals surface area contributed by atoms with Crippen LogP contribution < -0.4 is 5.32 Å². The van der Waals surface area contributed by atoms with E-state index in [1.54, 1.807) is 24.3 Å². The van der Waals surface area contributed by atoms with Crippen molar-refractivity contribution in [3.8, 4) is 0 Å². The highest BCUT2D eigenvalue weighted by atomic mass is 35.5. The van der Waals surface area contributed by atoms with Crippen LogP contribution in [0.15, 0.2) is 42.5 Å². The first-order valence-electron chi connectivity index (χ1n) is 6.75. The number of hydrogen-bond acceptors (Lipinski definition) is 3. The maximum atomic E-state index is 11.9. The average Bonchev–Trinajstić information content (AvgIpc) is 2.49. The lowest BCUT2D eigenvalue weighted by molar-refractivity contribution is -0.384. The molecule has 0 aliphatic rings. The fraction of sp³-hybridized carbons (Fsp3) is 0.188. The third kappa shape index (κ3) is 4.30. The predicted octanol–water partition coefficient (Wildman–Crippen LogP) is 4.13. The van der Waals surface area contributed by atoms with Gasteiger partial charge in [-0.2, -0.15) is 0 Å². The zero-order valence-electron chi connectivity index (χ0n) is 12.0. The molecule has 22 heavy (non-hydrogen) atoms. The average molecular weight is 319 g/mol. The molecule has 2 aromatic carbocycles. The van der Waals surface area contributed by atoms with E-state index in [0.29, 0.717) is 17.1 Å². The van der Waals surface area contributed by atoms with Crippen molar-refractivity contribution in [2.45, 2.75) is 19.8 Å². The van der Waals surface area contributed by atoms with Crippen LogP contribution in [0.25, 0.3) is 0 Å². The number of benzene rings is 2. The number of halogens is 1. The van der Waals surface area contributed by atoms with Crippen molar-refractivity contribution in [2.24, 2.45) is 0 Å². The largest absolute Gasteiger partial charge is 0.326 e. The molecular formula is C16H15ClN2O3. The number of amides is 1. The normalized spacial score (nSPS) is 10.3. The molecule has 2 aromatic rings. The van der Waals surface area contributed by atoms with Crippen molar-refractivity contribution in [3.63, 3.8) is 0 Å². The van der Waals surface area contributed by atoms with Crippen LogP contribution in [0.4, 0.5) is 11.4 Å². The van der Waals surface area contributed by atoms with Gasteiger partial charge in [-0.3, -0.25) is 14.9 Å². The standard InChI is InChI=1S/C16H15ClN2O3/c1-11-5-7-13(10-15(11)17)18-16(20)8-6-12-3-2-4-14(9-12)19(21)22/h2-5,7,9-10H,6,8H2,1H3,(H,18,20). The Morgan fingerprint density at radius 3 is 2.73 bits per heavy atom. The van der Waals surface area contributed by atoms with Gasteiger partial charge in [0.15, 0.2) is 0 Å². The first kappa shape index (κ1) is 16.0. The van der Waals surface area contributed by atoms with Crippen molar-refractivity contribution in [1.82, 2.24) is 0 Å². The first-order valence-corrected chi connectivity index (χ1v) is 7.13. The highest BCUT2D eigenvalue weighted by Gasteiger charge is 2.08. The second kappa shape index (κ2) is 7.04. The zero-order chi connectivity index (χ0) is 16.1. The number of carbonyl (C=O) groups is 1. The summed E-state index contributed by atoms with van der Waals surface area (Å²) in [4.78, 5) is 22.2. The second-order valence-corrected chi connectivity index (χ2v) is 5.35. The summed E-state index contributed by atoms with van der Waals surface area (Å²) in [6.45, 7) is 1.89. The molecule has 5 nitrogen and oxygen atoms in total. The van der Waals surface area contributed by atoms with E-state index in [2.05, 4.69) is 5.32 Å². The molecule has 0 atom stereocenters. The van der Waals surface area contributed by atoms with Crippen LogP contribution in [0.3, 0.4) is 0 Å². The van der Waals surface area contributed by atoms with E-state index in [1.165, 1.54) is 12.1 Å². The number of non-ortho nitro benzene ring substituents is 1. The molecule has 6 heteroatoms. The fourth-order valence-electron chi connectivity index (χ4n) is 1.98. The molecule has 2 rings (SSSR count). The fourth-order valence-corrected chi connectivity index (χ4v) is 2.16. The summed E-state index contributed by atoms with van der Waals surface area (Å²) in [5.74, 6) is -0.161. The van der Waals surface area contributed by atoms with Gasteiger partial charge in [-0.1, -0.05) is 29.8 Å². The van der Waals surface area contributed by atoms with Crippen LogP contribution >= 0.6 is 11.6 Å². The SMILES string of the molecule is Cc1ccc(NC(=O)CCc2cccc([N+](=O)[O-])c2)cc1Cl. The zero-order valence-corrected chi connectivity index (χ0v) is 12.8. The smallest absolute Gasteiger partial charge is 0.269 e. The molecule has 0 aliphatic carbocycles. The Morgan fingerprint density at radius 2 is 2.05 bits per heavy atom. The van der Waals surface area contributed by atoms with E-state index in [-0.39, 0.29) is 18.0 Å². The first-order chi connectivity index (χ1) is 10.5. The van der Waals surface area contributed by atoms with Crippen LogP contribution in [0, 0.1) is 17.0 Å². The van der Waals surface area contributed by atoms with Gasteiger partial charge in [0.25, 0.3) is 5.69 Å². The lowest BCUT2D eigenvalue weighted by Crippen LogP contribution is -2.12. The van der Waals surface area contributed by atoms with Crippen LogP contribution in [0.1, 0.15) is 17.5 Å².